The van der Waals surface area contributed by atoms with Crippen molar-refractivity contribution >= 4 is 11.9 Å². The van der Waals surface area contributed by atoms with E-state index in [1.165, 1.54) is 4.90 Å². The molecule has 1 aliphatic heterocycles. The number of carboxylic acid groups (broad SMARTS) is 1. The van der Waals surface area contributed by atoms with Crippen molar-refractivity contribution in [2.24, 2.45) is 5.92 Å². The molecule has 15 heavy (non-hydrogen) atoms. The fourth-order valence-electron chi connectivity index (χ4n) is 1.77. The lowest BCUT2D eigenvalue weighted by Crippen LogP contribution is -2.71. The average Bonchev–Trinajstić information content (AvgIpc) is 2.63. The van der Waals surface area contributed by atoms with Crippen molar-refractivity contribution in [3.05, 3.63) is 0 Å². The first kappa shape index (κ1) is 12.0. The Morgan fingerprint density at radius 3 is 2.53 bits per heavy atom. The van der Waals surface area contributed by atoms with E-state index in [9.17, 15) is 14.7 Å². The lowest BCUT2D eigenvalue weighted by molar-refractivity contribution is -0.416. The molecule has 0 spiro atoms. The standard InChI is InChI=1S/C10H18N2O3/c1-6(2)8(11)9(13)12-5-3-4-7(12)10(14)15/h6-8H,3-5,11H2,1-2H3,(H,14,15)/t7-,8+/m1/s1. The van der Waals surface area contributed by atoms with E-state index in [1.54, 1.807) is 0 Å². The van der Waals surface area contributed by atoms with Crippen molar-refractivity contribution in [1.82, 2.24) is 4.90 Å². The Morgan fingerprint density at radius 1 is 1.47 bits per heavy atom. The van der Waals surface area contributed by atoms with Gasteiger partial charge in [0.1, 0.15) is 0 Å². The Hall–Kier alpha value is -1.10. The third-order valence-corrected chi connectivity index (χ3v) is 2.93. The molecule has 0 aromatic carbocycles. The molecule has 0 aliphatic carbocycles. The summed E-state index contributed by atoms with van der Waals surface area (Å²) in [5.41, 5.74) is 3.77. The number of nitrogens with zero attached hydrogens (tertiary/aromatic N) is 1. The molecule has 1 saturated heterocycles. The van der Waals surface area contributed by atoms with Gasteiger partial charge < -0.3 is 20.5 Å². The van der Waals surface area contributed by atoms with Gasteiger partial charge >= 0.3 is 0 Å². The predicted molar refractivity (Wildman–Crippen MR) is 51.3 cm³/mol. The minimum absolute atomic E-state index is 0.125. The van der Waals surface area contributed by atoms with E-state index < -0.39 is 12.0 Å². The van der Waals surface area contributed by atoms with Crippen LogP contribution in [0.4, 0.5) is 0 Å². The first-order valence-electron chi connectivity index (χ1n) is 5.29. The Balaban J connectivity index is 2.70. The summed E-state index contributed by atoms with van der Waals surface area (Å²) in [5.74, 6) is -1.20. The lowest BCUT2D eigenvalue weighted by Gasteiger charge is -2.27. The van der Waals surface area contributed by atoms with Crippen LogP contribution in [0.1, 0.15) is 26.7 Å². The summed E-state index contributed by atoms with van der Waals surface area (Å²) in [6, 6.07) is -1.12. The summed E-state index contributed by atoms with van der Waals surface area (Å²) in [6.45, 7) is 4.32. The first-order chi connectivity index (χ1) is 6.95. The van der Waals surface area contributed by atoms with E-state index in [4.69, 9.17) is 0 Å². The molecular formula is C10H18N2O3. The van der Waals surface area contributed by atoms with Gasteiger partial charge in [-0.25, -0.2) is 0 Å². The third-order valence-electron chi connectivity index (χ3n) is 2.93. The van der Waals surface area contributed by atoms with Crippen molar-refractivity contribution in [1.29, 1.82) is 0 Å². The van der Waals surface area contributed by atoms with Crippen molar-refractivity contribution in [2.75, 3.05) is 6.54 Å². The van der Waals surface area contributed by atoms with Crippen LogP contribution in [0.15, 0.2) is 0 Å². The second-order valence-corrected chi connectivity index (χ2v) is 4.36. The number of hydrogen-bond donors (Lipinski definition) is 1. The number of quaternary nitrogens is 1. The fraction of sp³-hybridized carbons (Fsp3) is 0.800. The molecule has 1 aliphatic rings. The molecule has 0 aromatic heterocycles. The maximum absolute atomic E-state index is 11.9. The number of carbonyl (C=O) groups excluding carboxylic acids is 2. The lowest BCUT2D eigenvalue weighted by atomic mass is 10.0. The van der Waals surface area contributed by atoms with Gasteiger partial charge in [-0.1, -0.05) is 13.8 Å². The molecule has 0 unspecified atom stereocenters. The van der Waals surface area contributed by atoms with Crippen LogP contribution in [0.25, 0.3) is 0 Å². The number of likely N-dealkylation sites (tertiary alicyclic amines) is 1. The van der Waals surface area contributed by atoms with Crippen molar-refractivity contribution < 1.29 is 20.4 Å². The molecule has 3 N–H and O–H groups in total. The number of amides is 1. The van der Waals surface area contributed by atoms with Crippen LogP contribution < -0.4 is 10.8 Å². The molecule has 1 fully saturated rings. The quantitative estimate of drug-likeness (QED) is 0.589. The first-order valence-corrected chi connectivity index (χ1v) is 5.29. The number of carbonyl (C=O) groups is 2. The zero-order valence-electron chi connectivity index (χ0n) is 9.23. The highest BCUT2D eigenvalue weighted by Gasteiger charge is 2.35. The SMILES string of the molecule is CC(C)[C@H]([NH3+])C(=O)N1CCC[C@@H]1C(=O)[O-]. The summed E-state index contributed by atoms with van der Waals surface area (Å²) >= 11 is 0. The number of rotatable bonds is 3. The molecule has 0 saturated carbocycles. The summed E-state index contributed by atoms with van der Waals surface area (Å²) in [5, 5.41) is 10.8. The Bertz CT molecular complexity index is 265. The Morgan fingerprint density at radius 2 is 2.07 bits per heavy atom. The number of hydrogen-bond acceptors (Lipinski definition) is 3. The van der Waals surface area contributed by atoms with Gasteiger partial charge in [0.25, 0.3) is 5.91 Å². The van der Waals surface area contributed by atoms with Gasteiger partial charge in [0.05, 0.1) is 12.0 Å². The minimum atomic E-state index is -1.16. The summed E-state index contributed by atoms with van der Waals surface area (Å²) < 4.78 is 0. The van der Waals surface area contributed by atoms with Crippen LogP contribution in [0.3, 0.4) is 0 Å². The molecule has 0 bridgehead atoms. The second kappa shape index (κ2) is 4.61. The predicted octanol–water partition coefficient (Wildman–Crippen LogP) is -2.01. The molecule has 5 heteroatoms. The van der Waals surface area contributed by atoms with Gasteiger partial charge in [-0.2, -0.15) is 0 Å². The highest BCUT2D eigenvalue weighted by Crippen LogP contribution is 2.18. The van der Waals surface area contributed by atoms with Crippen LogP contribution in [0.5, 0.6) is 0 Å². The van der Waals surface area contributed by atoms with Gasteiger partial charge in [-0.3, -0.25) is 4.79 Å². The van der Waals surface area contributed by atoms with E-state index in [-0.39, 0.29) is 17.9 Å². The van der Waals surface area contributed by atoms with Gasteiger partial charge in [-0.15, -0.1) is 0 Å². The van der Waals surface area contributed by atoms with E-state index in [2.05, 4.69) is 5.73 Å². The van der Waals surface area contributed by atoms with E-state index in [0.717, 1.165) is 6.42 Å². The highest BCUT2D eigenvalue weighted by molar-refractivity contribution is 5.86. The normalized spacial score (nSPS) is 23.2. The Kier molecular flexibility index (Phi) is 3.68. The van der Waals surface area contributed by atoms with Crippen molar-refractivity contribution in [3.8, 4) is 0 Å². The van der Waals surface area contributed by atoms with Crippen molar-refractivity contribution in [2.45, 2.75) is 38.8 Å². The fourth-order valence-corrected chi connectivity index (χ4v) is 1.77. The summed E-state index contributed by atoms with van der Waals surface area (Å²) in [7, 11) is 0. The Labute approximate surface area is 89.2 Å². The zero-order valence-corrected chi connectivity index (χ0v) is 9.23. The summed E-state index contributed by atoms with van der Waals surface area (Å²) in [4.78, 5) is 24.1. The maximum Gasteiger partial charge on any atom is 0.281 e. The van der Waals surface area contributed by atoms with Crippen LogP contribution in [0.2, 0.25) is 0 Å². The molecule has 0 radical (unpaired) electrons. The van der Waals surface area contributed by atoms with Crippen molar-refractivity contribution in [3.63, 3.8) is 0 Å². The molecule has 5 nitrogen and oxygen atoms in total. The van der Waals surface area contributed by atoms with Gasteiger partial charge in [0, 0.05) is 12.5 Å². The van der Waals surface area contributed by atoms with Gasteiger partial charge in [0.15, 0.2) is 6.04 Å². The van der Waals surface area contributed by atoms with E-state index in [1.807, 2.05) is 13.8 Å². The van der Waals surface area contributed by atoms with Gasteiger partial charge in [-0.05, 0) is 12.8 Å². The molecule has 1 amide bonds. The van der Waals surface area contributed by atoms with E-state index >= 15 is 0 Å². The second-order valence-electron chi connectivity index (χ2n) is 4.36. The summed E-state index contributed by atoms with van der Waals surface area (Å²) in [6.07, 6.45) is 1.23. The van der Waals surface area contributed by atoms with E-state index in [0.29, 0.717) is 13.0 Å². The largest absolute Gasteiger partial charge is 0.548 e. The van der Waals surface area contributed by atoms with Crippen LogP contribution in [0, 0.1) is 5.92 Å². The smallest absolute Gasteiger partial charge is 0.281 e. The monoisotopic (exact) mass is 214 g/mol. The molecular weight excluding hydrogens is 196 g/mol. The number of aliphatic carboxylic acids is 1. The third kappa shape index (κ3) is 2.47. The topological polar surface area (TPSA) is 88.1 Å². The maximum atomic E-state index is 11.9. The van der Waals surface area contributed by atoms with Crippen LogP contribution in [-0.4, -0.2) is 35.4 Å². The highest BCUT2D eigenvalue weighted by atomic mass is 16.4. The van der Waals surface area contributed by atoms with Gasteiger partial charge in [0.2, 0.25) is 0 Å². The van der Waals surface area contributed by atoms with Crippen LogP contribution in [-0.2, 0) is 9.59 Å². The molecule has 2 atom stereocenters. The van der Waals surface area contributed by atoms with Crippen LogP contribution >= 0.6 is 0 Å². The molecule has 1 rings (SSSR count). The minimum Gasteiger partial charge on any atom is -0.548 e. The number of carboxylic acids is 1. The zero-order chi connectivity index (χ0) is 11.6. The molecule has 1 heterocycles. The molecule has 0 aromatic rings. The average molecular weight is 214 g/mol. The molecule has 86 valence electrons.